The molecule has 1 aromatic rings. The summed E-state index contributed by atoms with van der Waals surface area (Å²) < 4.78 is 1.94. The number of aromatic nitrogens is 2. The fraction of sp³-hybridized carbons (Fsp3) is 0.667. The van der Waals surface area contributed by atoms with Crippen LogP contribution in [-0.2, 0) is 17.6 Å². The Morgan fingerprint density at radius 3 is 2.69 bits per heavy atom. The predicted molar refractivity (Wildman–Crippen MR) is 62.3 cm³/mol. The molecule has 1 atom stereocenters. The number of likely N-dealkylation sites (N-methyl/N-ethyl adjacent to an activating group) is 1. The summed E-state index contributed by atoms with van der Waals surface area (Å²) in [5, 5.41) is 4.54. The van der Waals surface area contributed by atoms with E-state index in [9.17, 15) is 4.79 Å². The zero-order valence-corrected chi connectivity index (χ0v) is 10.2. The Morgan fingerprint density at radius 2 is 2.19 bits per heavy atom. The Morgan fingerprint density at radius 1 is 1.44 bits per heavy atom. The first kappa shape index (κ1) is 11.2. The van der Waals surface area contributed by atoms with Crippen molar-refractivity contribution in [2.24, 2.45) is 0 Å². The van der Waals surface area contributed by atoms with E-state index in [2.05, 4.69) is 25.0 Å². The molecule has 2 rings (SSSR count). The number of rotatable bonds is 3. The highest BCUT2D eigenvalue weighted by molar-refractivity contribution is 5.82. The second kappa shape index (κ2) is 4.28. The van der Waals surface area contributed by atoms with E-state index in [0.29, 0.717) is 0 Å². The van der Waals surface area contributed by atoms with Crippen LogP contribution in [0, 0.1) is 0 Å². The van der Waals surface area contributed by atoms with Gasteiger partial charge in [-0.05, 0) is 25.3 Å². The first-order valence-electron chi connectivity index (χ1n) is 5.99. The summed E-state index contributed by atoms with van der Waals surface area (Å²) in [7, 11) is 1.86. The van der Waals surface area contributed by atoms with Gasteiger partial charge < -0.3 is 4.90 Å². The maximum atomic E-state index is 11.9. The van der Waals surface area contributed by atoms with Crippen molar-refractivity contribution in [2.75, 3.05) is 13.6 Å². The van der Waals surface area contributed by atoms with Crippen molar-refractivity contribution in [1.29, 1.82) is 0 Å². The molecule has 16 heavy (non-hydrogen) atoms. The number of carbonyl (C=O) groups is 1. The summed E-state index contributed by atoms with van der Waals surface area (Å²) in [6.07, 6.45) is 2.74. The summed E-state index contributed by atoms with van der Waals surface area (Å²) in [6.45, 7) is 5.04. The largest absolute Gasteiger partial charge is 0.344 e. The Bertz CT molecular complexity index is 397. The summed E-state index contributed by atoms with van der Waals surface area (Å²) in [5.41, 5.74) is 2.25. The van der Waals surface area contributed by atoms with Crippen LogP contribution in [0.1, 0.15) is 37.7 Å². The fourth-order valence-electron chi connectivity index (χ4n) is 2.23. The zero-order chi connectivity index (χ0) is 11.7. The molecule has 1 aromatic heterocycles. The van der Waals surface area contributed by atoms with Crippen molar-refractivity contribution in [2.45, 2.75) is 39.2 Å². The molecule has 4 nitrogen and oxygen atoms in total. The van der Waals surface area contributed by atoms with Crippen LogP contribution in [-0.4, -0.2) is 34.2 Å². The number of hydrogen-bond donors (Lipinski definition) is 0. The topological polar surface area (TPSA) is 38.1 Å². The molecule has 1 fully saturated rings. The first-order chi connectivity index (χ1) is 7.67. The van der Waals surface area contributed by atoms with Gasteiger partial charge in [-0.25, -0.2) is 0 Å². The van der Waals surface area contributed by atoms with Gasteiger partial charge >= 0.3 is 0 Å². The molecule has 1 unspecified atom stereocenters. The number of amides is 1. The van der Waals surface area contributed by atoms with Crippen LogP contribution < -0.4 is 0 Å². The number of hydrogen-bond acceptors (Lipinski definition) is 2. The van der Waals surface area contributed by atoms with E-state index in [1.807, 2.05) is 11.7 Å². The third kappa shape index (κ3) is 1.72. The molecule has 0 N–H and O–H groups in total. The highest BCUT2D eigenvalue weighted by atomic mass is 16.2. The second-order valence-corrected chi connectivity index (χ2v) is 4.34. The minimum absolute atomic E-state index is 0.0692. The Hall–Kier alpha value is -1.32. The molecule has 88 valence electrons. The van der Waals surface area contributed by atoms with Crippen LogP contribution in [0.5, 0.6) is 0 Å². The number of carbonyl (C=O) groups excluding carboxylic acids is 1. The average Bonchev–Trinajstić information content (AvgIpc) is 2.84. The monoisotopic (exact) mass is 221 g/mol. The summed E-state index contributed by atoms with van der Waals surface area (Å²) >= 11 is 0. The predicted octanol–water partition coefficient (Wildman–Crippen LogP) is 1.41. The Labute approximate surface area is 96.2 Å². The van der Waals surface area contributed by atoms with Crippen LogP contribution in [0.3, 0.4) is 0 Å². The molecule has 0 saturated carbocycles. The van der Waals surface area contributed by atoms with E-state index in [1.54, 1.807) is 4.90 Å². The van der Waals surface area contributed by atoms with E-state index in [-0.39, 0.29) is 11.9 Å². The molecule has 0 spiro atoms. The maximum Gasteiger partial charge on any atom is 0.247 e. The lowest BCUT2D eigenvalue weighted by Crippen LogP contribution is -2.25. The molecule has 1 aliphatic rings. The lowest BCUT2D eigenvalue weighted by Gasteiger charge is -2.13. The average molecular weight is 221 g/mol. The van der Waals surface area contributed by atoms with Crippen molar-refractivity contribution in [1.82, 2.24) is 14.7 Å². The van der Waals surface area contributed by atoms with E-state index in [1.165, 1.54) is 5.69 Å². The molecule has 0 radical (unpaired) electrons. The molecule has 2 heterocycles. The van der Waals surface area contributed by atoms with Crippen molar-refractivity contribution in [3.8, 4) is 0 Å². The molecule has 4 heteroatoms. The van der Waals surface area contributed by atoms with Crippen molar-refractivity contribution in [3.05, 3.63) is 17.5 Å². The van der Waals surface area contributed by atoms with Gasteiger partial charge in [0.2, 0.25) is 5.91 Å². The van der Waals surface area contributed by atoms with E-state index in [0.717, 1.165) is 31.5 Å². The number of likely N-dealkylation sites (tertiary alicyclic amines) is 1. The van der Waals surface area contributed by atoms with Gasteiger partial charge in [-0.15, -0.1) is 0 Å². The molecule has 1 amide bonds. The van der Waals surface area contributed by atoms with Gasteiger partial charge in [-0.2, -0.15) is 5.10 Å². The smallest absolute Gasteiger partial charge is 0.247 e. The number of aryl methyl sites for hydroxylation is 2. The maximum absolute atomic E-state index is 11.9. The molecule has 1 aliphatic heterocycles. The summed E-state index contributed by atoms with van der Waals surface area (Å²) in [5.74, 6) is 0.195. The minimum Gasteiger partial charge on any atom is -0.344 e. The zero-order valence-electron chi connectivity index (χ0n) is 10.2. The highest BCUT2D eigenvalue weighted by Crippen LogP contribution is 2.23. The summed E-state index contributed by atoms with van der Waals surface area (Å²) in [4.78, 5) is 13.7. The molecule has 0 bridgehead atoms. The van der Waals surface area contributed by atoms with Crippen LogP contribution in [0.15, 0.2) is 6.07 Å². The first-order valence-corrected chi connectivity index (χ1v) is 5.99. The van der Waals surface area contributed by atoms with Crippen molar-refractivity contribution >= 4 is 5.91 Å². The van der Waals surface area contributed by atoms with E-state index in [4.69, 9.17) is 0 Å². The standard InChI is InChI=1S/C12H19N3O/c1-4-9-8-10(5-2)15(13-9)11-6-7-14(3)12(11)16/h8,11H,4-7H2,1-3H3. The highest BCUT2D eigenvalue weighted by Gasteiger charge is 2.32. The Kier molecular flexibility index (Phi) is 2.99. The van der Waals surface area contributed by atoms with Crippen LogP contribution in [0.4, 0.5) is 0 Å². The lowest BCUT2D eigenvalue weighted by molar-refractivity contribution is -0.129. The lowest BCUT2D eigenvalue weighted by atomic mass is 10.2. The normalized spacial score (nSPS) is 20.8. The SMILES string of the molecule is CCc1cc(CC)n(C2CCN(C)C2=O)n1. The van der Waals surface area contributed by atoms with E-state index < -0.39 is 0 Å². The molecule has 1 saturated heterocycles. The fourth-order valence-corrected chi connectivity index (χ4v) is 2.23. The Balaban J connectivity index is 2.32. The second-order valence-electron chi connectivity index (χ2n) is 4.34. The van der Waals surface area contributed by atoms with Gasteiger partial charge in [0.15, 0.2) is 0 Å². The van der Waals surface area contributed by atoms with Crippen molar-refractivity contribution in [3.63, 3.8) is 0 Å². The number of nitrogens with zero attached hydrogens (tertiary/aromatic N) is 3. The van der Waals surface area contributed by atoms with Gasteiger partial charge in [0.1, 0.15) is 6.04 Å². The van der Waals surface area contributed by atoms with E-state index >= 15 is 0 Å². The molecular formula is C12H19N3O. The summed E-state index contributed by atoms with van der Waals surface area (Å²) in [6, 6.07) is 2.05. The van der Waals surface area contributed by atoms with Gasteiger partial charge in [0.05, 0.1) is 5.69 Å². The quantitative estimate of drug-likeness (QED) is 0.774. The molecule has 0 aromatic carbocycles. The molecule has 0 aliphatic carbocycles. The van der Waals surface area contributed by atoms with Crippen LogP contribution in [0.2, 0.25) is 0 Å². The third-order valence-corrected chi connectivity index (χ3v) is 3.28. The van der Waals surface area contributed by atoms with Crippen molar-refractivity contribution < 1.29 is 4.79 Å². The van der Waals surface area contributed by atoms with Gasteiger partial charge in [-0.3, -0.25) is 9.48 Å². The minimum atomic E-state index is -0.0692. The van der Waals surface area contributed by atoms with Crippen LogP contribution in [0.25, 0.3) is 0 Å². The van der Waals surface area contributed by atoms with Crippen LogP contribution >= 0.6 is 0 Å². The third-order valence-electron chi connectivity index (χ3n) is 3.28. The molecular weight excluding hydrogens is 202 g/mol. The van der Waals surface area contributed by atoms with Gasteiger partial charge in [-0.1, -0.05) is 13.8 Å². The van der Waals surface area contributed by atoms with Gasteiger partial charge in [0.25, 0.3) is 0 Å². The van der Waals surface area contributed by atoms with Gasteiger partial charge in [0, 0.05) is 19.3 Å².